The van der Waals surface area contributed by atoms with Crippen molar-refractivity contribution in [3.05, 3.63) is 29.3 Å². The van der Waals surface area contributed by atoms with Crippen LogP contribution in [-0.4, -0.2) is 24.3 Å². The van der Waals surface area contributed by atoms with Gasteiger partial charge in [0.25, 0.3) is 0 Å². The number of aliphatic hydroxyl groups is 1. The zero-order valence-corrected chi connectivity index (χ0v) is 11.0. The second kappa shape index (κ2) is 5.33. The predicted octanol–water partition coefficient (Wildman–Crippen LogP) is 2.78. The lowest BCUT2D eigenvalue weighted by atomic mass is 10.0. The van der Waals surface area contributed by atoms with Crippen LogP contribution < -0.4 is 4.90 Å². The number of nitriles is 1. The van der Waals surface area contributed by atoms with Gasteiger partial charge < -0.3 is 10.0 Å². The Morgan fingerprint density at radius 1 is 1.45 bits per heavy atom. The van der Waals surface area contributed by atoms with E-state index < -0.39 is 17.8 Å². The number of hydrogen-bond acceptors (Lipinski definition) is 3. The van der Waals surface area contributed by atoms with E-state index in [-0.39, 0.29) is 17.2 Å². The Balaban J connectivity index is 2.37. The maximum Gasteiger partial charge on any atom is 0.418 e. The van der Waals surface area contributed by atoms with E-state index in [9.17, 15) is 18.3 Å². The molecular formula is C14H15F3N2O. The molecule has 20 heavy (non-hydrogen) atoms. The number of anilines is 1. The monoisotopic (exact) mass is 284 g/mol. The van der Waals surface area contributed by atoms with Gasteiger partial charge in [0.05, 0.1) is 29.0 Å². The smallest absolute Gasteiger partial charge is 0.393 e. The highest BCUT2D eigenvalue weighted by Gasteiger charge is 2.37. The minimum atomic E-state index is -4.45. The molecule has 1 aromatic rings. The Bertz CT molecular complexity index is 534. The van der Waals surface area contributed by atoms with Gasteiger partial charge >= 0.3 is 6.18 Å². The molecule has 2 rings (SSSR count). The molecule has 2 atom stereocenters. The maximum atomic E-state index is 13.0. The van der Waals surface area contributed by atoms with E-state index in [4.69, 9.17) is 5.26 Å². The average Bonchev–Trinajstić information content (AvgIpc) is 2.86. The standard InChI is InChI=1S/C14H15F3N2O/c1-9(20)11-4-5-19(8-11)13-6-10(7-18)2-3-12(13)14(15,16)17/h2-3,6,9,11,20H,4-5,8H2,1H3. The highest BCUT2D eigenvalue weighted by atomic mass is 19.4. The molecule has 1 aliphatic rings. The average molecular weight is 284 g/mol. The van der Waals surface area contributed by atoms with Crippen molar-refractivity contribution in [2.45, 2.75) is 25.6 Å². The summed E-state index contributed by atoms with van der Waals surface area (Å²) in [6, 6.07) is 5.25. The van der Waals surface area contributed by atoms with Gasteiger partial charge in [-0.25, -0.2) is 0 Å². The van der Waals surface area contributed by atoms with Gasteiger partial charge in [0.1, 0.15) is 0 Å². The second-order valence-corrected chi connectivity index (χ2v) is 5.08. The van der Waals surface area contributed by atoms with Gasteiger partial charge in [-0.2, -0.15) is 18.4 Å². The number of alkyl halides is 3. The minimum absolute atomic E-state index is 0.0275. The SMILES string of the molecule is CC(O)C1CCN(c2cc(C#N)ccc2C(F)(F)F)C1. The Hall–Kier alpha value is -1.74. The molecule has 0 radical (unpaired) electrons. The lowest BCUT2D eigenvalue weighted by Gasteiger charge is -2.24. The third-order valence-electron chi connectivity index (χ3n) is 3.68. The van der Waals surface area contributed by atoms with Crippen LogP contribution in [0.2, 0.25) is 0 Å². The van der Waals surface area contributed by atoms with Crippen LogP contribution in [0.3, 0.4) is 0 Å². The molecule has 1 fully saturated rings. The molecule has 1 aliphatic heterocycles. The fourth-order valence-electron chi connectivity index (χ4n) is 2.50. The Morgan fingerprint density at radius 2 is 2.15 bits per heavy atom. The Labute approximate surface area is 115 Å². The van der Waals surface area contributed by atoms with Crippen LogP contribution in [0.4, 0.5) is 18.9 Å². The molecule has 0 bridgehead atoms. The number of aliphatic hydroxyl groups excluding tert-OH is 1. The maximum absolute atomic E-state index is 13.0. The summed E-state index contributed by atoms with van der Waals surface area (Å²) < 4.78 is 39.1. The van der Waals surface area contributed by atoms with E-state index in [0.29, 0.717) is 19.5 Å². The minimum Gasteiger partial charge on any atom is -0.393 e. The van der Waals surface area contributed by atoms with E-state index in [1.54, 1.807) is 11.8 Å². The number of halogens is 3. The zero-order valence-electron chi connectivity index (χ0n) is 11.0. The van der Waals surface area contributed by atoms with Crippen molar-refractivity contribution >= 4 is 5.69 Å². The van der Waals surface area contributed by atoms with Crippen LogP contribution in [-0.2, 0) is 6.18 Å². The molecule has 1 heterocycles. The van der Waals surface area contributed by atoms with Crippen molar-refractivity contribution in [2.75, 3.05) is 18.0 Å². The van der Waals surface area contributed by atoms with Crippen molar-refractivity contribution in [3.8, 4) is 6.07 Å². The van der Waals surface area contributed by atoms with Crippen LogP contribution in [0.25, 0.3) is 0 Å². The van der Waals surface area contributed by atoms with Gasteiger partial charge in [-0.3, -0.25) is 0 Å². The fraction of sp³-hybridized carbons (Fsp3) is 0.500. The number of rotatable bonds is 2. The van der Waals surface area contributed by atoms with Gasteiger partial charge in [0, 0.05) is 19.0 Å². The summed E-state index contributed by atoms with van der Waals surface area (Å²) >= 11 is 0. The molecule has 0 amide bonds. The highest BCUT2D eigenvalue weighted by Crippen LogP contribution is 2.39. The van der Waals surface area contributed by atoms with Crippen LogP contribution in [0, 0.1) is 17.2 Å². The van der Waals surface area contributed by atoms with E-state index in [1.807, 2.05) is 6.07 Å². The van der Waals surface area contributed by atoms with E-state index >= 15 is 0 Å². The first-order valence-corrected chi connectivity index (χ1v) is 6.37. The fourth-order valence-corrected chi connectivity index (χ4v) is 2.50. The molecule has 108 valence electrons. The summed E-state index contributed by atoms with van der Waals surface area (Å²) in [6.45, 7) is 2.47. The first kappa shape index (κ1) is 14.7. The van der Waals surface area contributed by atoms with E-state index in [2.05, 4.69) is 0 Å². The molecule has 1 N–H and O–H groups in total. The Kier molecular flexibility index (Phi) is 3.91. The lowest BCUT2D eigenvalue weighted by Crippen LogP contribution is -2.26. The van der Waals surface area contributed by atoms with Crippen molar-refractivity contribution in [1.82, 2.24) is 0 Å². The molecule has 0 aromatic heterocycles. The predicted molar refractivity (Wildman–Crippen MR) is 68.2 cm³/mol. The first-order valence-electron chi connectivity index (χ1n) is 6.37. The summed E-state index contributed by atoms with van der Waals surface area (Å²) in [5, 5.41) is 18.4. The van der Waals surface area contributed by atoms with Gasteiger partial charge in [-0.1, -0.05) is 0 Å². The molecule has 3 nitrogen and oxygen atoms in total. The summed E-state index contributed by atoms with van der Waals surface area (Å²) in [5.41, 5.74) is -0.504. The highest BCUT2D eigenvalue weighted by molar-refractivity contribution is 5.59. The van der Waals surface area contributed by atoms with Gasteiger partial charge in [-0.05, 0) is 31.5 Å². The summed E-state index contributed by atoms with van der Waals surface area (Å²) in [4.78, 5) is 1.60. The molecule has 2 unspecified atom stereocenters. The molecule has 0 spiro atoms. The summed E-state index contributed by atoms with van der Waals surface area (Å²) in [6.07, 6.45) is -4.36. The zero-order chi connectivity index (χ0) is 14.9. The number of nitrogens with zero attached hydrogens (tertiary/aromatic N) is 2. The third kappa shape index (κ3) is 2.88. The van der Waals surface area contributed by atoms with E-state index in [1.165, 1.54) is 12.1 Å². The second-order valence-electron chi connectivity index (χ2n) is 5.08. The Morgan fingerprint density at radius 3 is 2.65 bits per heavy atom. The van der Waals surface area contributed by atoms with Crippen molar-refractivity contribution in [3.63, 3.8) is 0 Å². The van der Waals surface area contributed by atoms with Crippen LogP contribution >= 0.6 is 0 Å². The summed E-state index contributed by atoms with van der Waals surface area (Å²) in [7, 11) is 0. The largest absolute Gasteiger partial charge is 0.418 e. The first-order chi connectivity index (χ1) is 9.32. The van der Waals surface area contributed by atoms with Gasteiger partial charge in [0.15, 0.2) is 0 Å². The van der Waals surface area contributed by atoms with E-state index in [0.717, 1.165) is 6.07 Å². The quantitative estimate of drug-likeness (QED) is 0.908. The third-order valence-corrected chi connectivity index (χ3v) is 3.68. The van der Waals surface area contributed by atoms with Crippen LogP contribution in [0.1, 0.15) is 24.5 Å². The van der Waals surface area contributed by atoms with Crippen molar-refractivity contribution < 1.29 is 18.3 Å². The summed E-state index contributed by atoms with van der Waals surface area (Å²) in [5.74, 6) is -0.0400. The number of benzene rings is 1. The molecule has 1 saturated heterocycles. The van der Waals surface area contributed by atoms with Gasteiger partial charge in [-0.15, -0.1) is 0 Å². The van der Waals surface area contributed by atoms with Gasteiger partial charge in [0.2, 0.25) is 0 Å². The van der Waals surface area contributed by atoms with Crippen LogP contribution in [0.5, 0.6) is 0 Å². The van der Waals surface area contributed by atoms with Crippen molar-refractivity contribution in [1.29, 1.82) is 5.26 Å². The molecular weight excluding hydrogens is 269 g/mol. The molecule has 0 aliphatic carbocycles. The normalized spacial score (nSPS) is 20.8. The number of hydrogen-bond donors (Lipinski definition) is 1. The van der Waals surface area contributed by atoms with Crippen molar-refractivity contribution in [2.24, 2.45) is 5.92 Å². The molecule has 1 aromatic carbocycles. The topological polar surface area (TPSA) is 47.3 Å². The lowest BCUT2D eigenvalue weighted by molar-refractivity contribution is -0.137. The van der Waals surface area contributed by atoms with Crippen LogP contribution in [0.15, 0.2) is 18.2 Å². The molecule has 0 saturated carbocycles. The molecule has 6 heteroatoms.